The third-order valence-electron chi connectivity index (χ3n) is 5.52. The molecule has 0 amide bonds. The first kappa shape index (κ1) is 26.1. The topological polar surface area (TPSA) is 78.0 Å². The van der Waals surface area contributed by atoms with E-state index < -0.39 is 13.4 Å². The first-order valence-corrected chi connectivity index (χ1v) is 14.6. The molecular weight excluding hydrogens is 469 g/mol. The Hall–Kier alpha value is -2.47. The van der Waals surface area contributed by atoms with Gasteiger partial charge in [-0.15, -0.1) is 0 Å². The summed E-state index contributed by atoms with van der Waals surface area (Å²) in [5, 5.41) is 11.1. The summed E-state index contributed by atoms with van der Waals surface area (Å²) in [5.41, 5.74) is 1.63. The van der Waals surface area contributed by atoms with E-state index >= 15 is 0 Å². The number of para-hydroxylation sites is 1. The number of nitrogens with zero attached hydrogens (tertiary/aromatic N) is 2. The van der Waals surface area contributed by atoms with Crippen molar-refractivity contribution in [3.8, 4) is 5.75 Å². The minimum Gasteiger partial charge on any atom is -0.493 e. The van der Waals surface area contributed by atoms with E-state index in [0.717, 1.165) is 48.5 Å². The van der Waals surface area contributed by atoms with Crippen molar-refractivity contribution in [3.63, 3.8) is 0 Å². The summed E-state index contributed by atoms with van der Waals surface area (Å²) in [6.07, 6.45) is 2.16. The highest BCUT2D eigenvalue weighted by Crippen LogP contribution is 2.38. The molecule has 1 atom stereocenters. The molecule has 0 saturated heterocycles. The first-order chi connectivity index (χ1) is 16.3. The molecule has 1 heterocycles. The zero-order chi connectivity index (χ0) is 24.6. The third kappa shape index (κ3) is 7.52. The Morgan fingerprint density at radius 1 is 1.15 bits per heavy atom. The molecule has 0 fully saturated rings. The Balaban J connectivity index is 1.59. The molecule has 7 nitrogen and oxygen atoms in total. The van der Waals surface area contributed by atoms with Crippen LogP contribution in [0.4, 0.5) is 11.4 Å². The molecule has 0 aromatic heterocycles. The number of hydrogen-bond acceptors (Lipinski definition) is 7. The lowest BCUT2D eigenvalue weighted by Crippen LogP contribution is -2.39. The summed E-state index contributed by atoms with van der Waals surface area (Å²) in [4.78, 5) is 6.82. The summed E-state index contributed by atoms with van der Waals surface area (Å²) >= 11 is 6.39. The number of allylic oxidation sites excluding steroid dienone is 1. The standard InChI is InChI=1S/C25H35ClN5O2P/c1-5-31(6-2)15-10-16-33-20-12-9-11-19(17-20)28-25-27-18-21(26)24(30-25)29-22-13-7-8-14-23(22)34(3,4)32/h7-9,11-14,17-18,25,28-30H,5-6,10,15-16H2,1-4H3. The van der Waals surface area contributed by atoms with Gasteiger partial charge in [0.25, 0.3) is 0 Å². The second-order valence-electron chi connectivity index (χ2n) is 8.44. The molecule has 3 rings (SSSR count). The van der Waals surface area contributed by atoms with Gasteiger partial charge in [0.1, 0.15) is 18.7 Å². The Labute approximate surface area is 208 Å². The zero-order valence-corrected chi connectivity index (χ0v) is 22.0. The van der Waals surface area contributed by atoms with E-state index in [2.05, 4.69) is 39.7 Å². The van der Waals surface area contributed by atoms with E-state index in [1.165, 1.54) is 0 Å². The van der Waals surface area contributed by atoms with Gasteiger partial charge in [-0.05, 0) is 57.1 Å². The highest BCUT2D eigenvalue weighted by Gasteiger charge is 2.20. The molecule has 1 aliphatic heterocycles. The first-order valence-electron chi connectivity index (χ1n) is 11.6. The molecule has 2 aromatic rings. The highest BCUT2D eigenvalue weighted by atomic mass is 35.5. The maximum absolute atomic E-state index is 12.7. The molecule has 2 aromatic carbocycles. The van der Waals surface area contributed by atoms with Crippen LogP contribution < -0.4 is 26.0 Å². The number of ether oxygens (including phenoxy) is 1. The molecule has 184 valence electrons. The van der Waals surface area contributed by atoms with Crippen molar-refractivity contribution in [1.82, 2.24) is 10.2 Å². The van der Waals surface area contributed by atoms with Crippen LogP contribution in [-0.4, -0.2) is 57.0 Å². The smallest absolute Gasteiger partial charge is 0.195 e. The normalized spacial score (nSPS) is 15.9. The minimum atomic E-state index is -2.46. The third-order valence-corrected chi connectivity index (χ3v) is 7.36. The van der Waals surface area contributed by atoms with Gasteiger partial charge >= 0.3 is 0 Å². The fourth-order valence-electron chi connectivity index (χ4n) is 3.65. The number of aliphatic imine (C=N–C) groups is 1. The summed E-state index contributed by atoms with van der Waals surface area (Å²) in [6.45, 7) is 11.7. The largest absolute Gasteiger partial charge is 0.493 e. The Bertz CT molecular complexity index is 1060. The molecule has 1 unspecified atom stereocenters. The van der Waals surface area contributed by atoms with Crippen molar-refractivity contribution in [2.24, 2.45) is 4.99 Å². The van der Waals surface area contributed by atoms with Gasteiger partial charge in [0.05, 0.1) is 17.3 Å². The monoisotopic (exact) mass is 503 g/mol. The molecule has 34 heavy (non-hydrogen) atoms. The summed E-state index contributed by atoms with van der Waals surface area (Å²) in [6, 6.07) is 15.4. The average Bonchev–Trinajstić information content (AvgIpc) is 2.81. The van der Waals surface area contributed by atoms with Crippen LogP contribution in [0.3, 0.4) is 0 Å². The van der Waals surface area contributed by atoms with Crippen LogP contribution in [0.2, 0.25) is 0 Å². The van der Waals surface area contributed by atoms with Crippen LogP contribution in [0, 0.1) is 0 Å². The van der Waals surface area contributed by atoms with Crippen molar-refractivity contribution in [3.05, 3.63) is 59.4 Å². The van der Waals surface area contributed by atoms with Crippen LogP contribution in [0.5, 0.6) is 5.75 Å². The van der Waals surface area contributed by atoms with E-state index in [1.807, 2.05) is 48.5 Å². The maximum Gasteiger partial charge on any atom is 0.195 e. The fraction of sp³-hybridized carbons (Fsp3) is 0.400. The lowest BCUT2D eigenvalue weighted by molar-refractivity contribution is 0.249. The van der Waals surface area contributed by atoms with Crippen LogP contribution >= 0.6 is 18.7 Å². The Morgan fingerprint density at radius 2 is 1.91 bits per heavy atom. The van der Waals surface area contributed by atoms with Crippen LogP contribution in [0.15, 0.2) is 64.4 Å². The molecule has 0 bridgehead atoms. The van der Waals surface area contributed by atoms with Gasteiger partial charge in [0, 0.05) is 29.8 Å². The second-order valence-corrected chi connectivity index (χ2v) is 12.0. The number of hydrogen-bond donors (Lipinski definition) is 3. The number of rotatable bonds is 12. The fourth-order valence-corrected chi connectivity index (χ4v) is 4.97. The zero-order valence-electron chi connectivity index (χ0n) is 20.3. The summed E-state index contributed by atoms with van der Waals surface area (Å²) < 4.78 is 18.6. The lowest BCUT2D eigenvalue weighted by atomic mass is 10.3. The predicted octanol–water partition coefficient (Wildman–Crippen LogP) is 4.93. The van der Waals surface area contributed by atoms with Gasteiger partial charge in [-0.2, -0.15) is 0 Å². The van der Waals surface area contributed by atoms with Crippen LogP contribution in [0.1, 0.15) is 20.3 Å². The van der Waals surface area contributed by atoms with Crippen molar-refractivity contribution >= 4 is 41.6 Å². The number of anilines is 2. The molecule has 0 radical (unpaired) electrons. The molecule has 0 spiro atoms. The van der Waals surface area contributed by atoms with Gasteiger partial charge in [-0.1, -0.05) is 43.6 Å². The highest BCUT2D eigenvalue weighted by molar-refractivity contribution is 7.70. The summed E-state index contributed by atoms with van der Waals surface area (Å²) in [5.74, 6) is 1.41. The number of nitrogens with one attached hydrogen (secondary N) is 3. The van der Waals surface area contributed by atoms with Gasteiger partial charge in [0.2, 0.25) is 0 Å². The van der Waals surface area contributed by atoms with Crippen LogP contribution in [0.25, 0.3) is 0 Å². The second kappa shape index (κ2) is 12.3. The van der Waals surface area contributed by atoms with Gasteiger partial charge in [-0.3, -0.25) is 0 Å². The lowest BCUT2D eigenvalue weighted by Gasteiger charge is -2.26. The molecule has 1 aliphatic rings. The molecule has 0 saturated carbocycles. The van der Waals surface area contributed by atoms with E-state index in [9.17, 15) is 4.57 Å². The molecule has 9 heteroatoms. The van der Waals surface area contributed by atoms with Crippen molar-refractivity contribution in [2.45, 2.75) is 26.6 Å². The maximum atomic E-state index is 12.7. The predicted molar refractivity (Wildman–Crippen MR) is 145 cm³/mol. The SMILES string of the molecule is CCN(CC)CCCOc1cccc(NC2N=CC(Cl)=C(Nc3ccccc3P(C)(C)=O)N2)c1. The molecule has 3 N–H and O–H groups in total. The minimum absolute atomic E-state index is 0.426. The van der Waals surface area contributed by atoms with E-state index in [4.69, 9.17) is 16.3 Å². The van der Waals surface area contributed by atoms with Gasteiger partial charge in [-0.25, -0.2) is 4.99 Å². The van der Waals surface area contributed by atoms with Crippen molar-refractivity contribution < 1.29 is 9.30 Å². The molecule has 0 aliphatic carbocycles. The van der Waals surface area contributed by atoms with Crippen molar-refractivity contribution in [1.29, 1.82) is 0 Å². The van der Waals surface area contributed by atoms with Crippen LogP contribution in [-0.2, 0) is 4.57 Å². The quantitative estimate of drug-likeness (QED) is 0.281. The van der Waals surface area contributed by atoms with Gasteiger partial charge < -0.3 is 30.2 Å². The van der Waals surface area contributed by atoms with Gasteiger partial charge in [0.15, 0.2) is 6.29 Å². The summed E-state index contributed by atoms with van der Waals surface area (Å²) in [7, 11) is -2.46. The average molecular weight is 504 g/mol. The molecular formula is C25H35ClN5O2P. The number of halogens is 1. The number of benzene rings is 2. The van der Waals surface area contributed by atoms with E-state index in [0.29, 0.717) is 17.5 Å². The Kier molecular flexibility index (Phi) is 9.45. The van der Waals surface area contributed by atoms with E-state index in [-0.39, 0.29) is 0 Å². The van der Waals surface area contributed by atoms with E-state index in [1.54, 1.807) is 19.5 Å². The Morgan fingerprint density at radius 3 is 2.65 bits per heavy atom. The van der Waals surface area contributed by atoms with Crippen molar-refractivity contribution in [2.75, 3.05) is 50.2 Å².